The fraction of sp³-hybridized carbons (Fsp3) is 0.913. The standard InChI is InChI=1S/C23H42N4O/c1-5-7-17-16(6-2)8-9-19-18(17)10-11-23(4)20(19)12-15(3)22(23)21(28)13-27(25)14-26-24/h14-20,22H,5-13,24-25H2,1-4H3/b26-14-. The van der Waals surface area contributed by atoms with Gasteiger partial charge in [0.2, 0.25) is 0 Å². The minimum Gasteiger partial charge on any atom is -0.322 e. The van der Waals surface area contributed by atoms with Gasteiger partial charge in [0.1, 0.15) is 6.34 Å². The number of fused-ring (bicyclic) bond motifs is 3. The van der Waals surface area contributed by atoms with Gasteiger partial charge >= 0.3 is 0 Å². The first-order valence-corrected chi connectivity index (χ1v) is 11.6. The summed E-state index contributed by atoms with van der Waals surface area (Å²) in [6, 6.07) is 0. The van der Waals surface area contributed by atoms with E-state index in [-0.39, 0.29) is 23.7 Å². The Morgan fingerprint density at radius 3 is 2.64 bits per heavy atom. The van der Waals surface area contributed by atoms with Gasteiger partial charge in [-0.05, 0) is 73.0 Å². The van der Waals surface area contributed by atoms with Crippen LogP contribution in [0.1, 0.15) is 79.1 Å². The fourth-order valence-electron chi connectivity index (χ4n) is 7.98. The van der Waals surface area contributed by atoms with Crippen LogP contribution in [0.2, 0.25) is 0 Å². The number of hydrazine groups is 1. The van der Waals surface area contributed by atoms with Crippen LogP contribution in [-0.4, -0.2) is 23.7 Å². The molecule has 0 aromatic carbocycles. The molecule has 3 aliphatic rings. The molecule has 0 aromatic heterocycles. The number of hydrazone groups is 1. The predicted molar refractivity (Wildman–Crippen MR) is 115 cm³/mol. The van der Waals surface area contributed by atoms with E-state index in [2.05, 4.69) is 32.8 Å². The predicted octanol–water partition coefficient (Wildman–Crippen LogP) is 4.17. The molecule has 4 N–H and O–H groups in total. The summed E-state index contributed by atoms with van der Waals surface area (Å²) in [5.74, 6) is 16.1. The number of carbonyl (C=O) groups is 1. The third kappa shape index (κ3) is 3.71. The van der Waals surface area contributed by atoms with E-state index >= 15 is 0 Å². The number of rotatable bonds is 7. The summed E-state index contributed by atoms with van der Waals surface area (Å²) in [6.07, 6.45) is 11.9. The summed E-state index contributed by atoms with van der Waals surface area (Å²) in [6.45, 7) is 9.65. The van der Waals surface area contributed by atoms with Gasteiger partial charge in [-0.2, -0.15) is 5.10 Å². The lowest BCUT2D eigenvalue weighted by Crippen LogP contribution is -2.49. The summed E-state index contributed by atoms with van der Waals surface area (Å²) in [7, 11) is 0. The minimum atomic E-state index is 0.115. The average molecular weight is 391 g/mol. The van der Waals surface area contributed by atoms with Gasteiger partial charge in [-0.15, -0.1) is 0 Å². The summed E-state index contributed by atoms with van der Waals surface area (Å²) in [5.41, 5.74) is 0.133. The molecule has 8 atom stereocenters. The van der Waals surface area contributed by atoms with Crippen LogP contribution in [0, 0.1) is 46.8 Å². The van der Waals surface area contributed by atoms with Crippen molar-refractivity contribution in [3.05, 3.63) is 0 Å². The van der Waals surface area contributed by atoms with E-state index < -0.39 is 0 Å². The molecule has 5 nitrogen and oxygen atoms in total. The van der Waals surface area contributed by atoms with Crippen molar-refractivity contribution in [1.29, 1.82) is 0 Å². The minimum absolute atomic E-state index is 0.115. The van der Waals surface area contributed by atoms with Gasteiger partial charge in [-0.3, -0.25) is 9.80 Å². The van der Waals surface area contributed by atoms with Crippen molar-refractivity contribution < 1.29 is 4.79 Å². The molecule has 8 unspecified atom stereocenters. The lowest BCUT2D eigenvalue weighted by atomic mass is 9.50. The van der Waals surface area contributed by atoms with Crippen molar-refractivity contribution in [2.24, 2.45) is 63.6 Å². The fourth-order valence-corrected chi connectivity index (χ4v) is 7.98. The first kappa shape index (κ1) is 21.6. The second kappa shape index (κ2) is 8.73. The first-order chi connectivity index (χ1) is 13.4. The lowest BCUT2D eigenvalue weighted by molar-refractivity contribution is -0.131. The average Bonchev–Trinajstić information content (AvgIpc) is 2.92. The van der Waals surface area contributed by atoms with Crippen LogP contribution >= 0.6 is 0 Å². The quantitative estimate of drug-likeness (QED) is 0.296. The number of nitrogens with zero attached hydrogens (tertiary/aromatic N) is 2. The molecule has 160 valence electrons. The molecule has 3 saturated carbocycles. The van der Waals surface area contributed by atoms with Crippen molar-refractivity contribution in [1.82, 2.24) is 5.01 Å². The Morgan fingerprint density at radius 1 is 1.25 bits per heavy atom. The highest BCUT2D eigenvalue weighted by Gasteiger charge is 2.59. The largest absolute Gasteiger partial charge is 0.322 e. The van der Waals surface area contributed by atoms with Gasteiger partial charge in [-0.1, -0.05) is 47.0 Å². The van der Waals surface area contributed by atoms with Crippen LogP contribution in [0.4, 0.5) is 0 Å². The van der Waals surface area contributed by atoms with E-state index in [1.54, 1.807) is 0 Å². The second-order valence-corrected chi connectivity index (χ2v) is 10.3. The molecule has 3 fully saturated rings. The third-order valence-electron chi connectivity index (χ3n) is 8.91. The molecule has 0 aromatic rings. The molecule has 0 aliphatic heterocycles. The van der Waals surface area contributed by atoms with E-state index in [1.807, 2.05) is 0 Å². The molecule has 5 heteroatoms. The van der Waals surface area contributed by atoms with Crippen molar-refractivity contribution in [3.8, 4) is 0 Å². The number of carbonyl (C=O) groups excluding carboxylic acids is 1. The van der Waals surface area contributed by atoms with Gasteiger partial charge in [0.15, 0.2) is 5.78 Å². The lowest BCUT2D eigenvalue weighted by Gasteiger charge is -2.54. The Bertz CT molecular complexity index is 579. The van der Waals surface area contributed by atoms with Gasteiger partial charge < -0.3 is 5.84 Å². The Labute approximate surface area is 171 Å². The number of Topliss-reactive ketones (excluding diaryl/α,β-unsaturated/α-hetero) is 1. The molecular formula is C23H42N4O. The molecule has 0 bridgehead atoms. The van der Waals surface area contributed by atoms with Crippen molar-refractivity contribution in [3.63, 3.8) is 0 Å². The van der Waals surface area contributed by atoms with Crippen molar-refractivity contribution in [2.45, 2.75) is 79.1 Å². The Morgan fingerprint density at radius 2 is 2.00 bits per heavy atom. The SMILES string of the molecule is CCCC1C(CC)CCC2C1CCC1(C)C2CC(C)C1C(=O)CN(N)/C=N\N. The van der Waals surface area contributed by atoms with Crippen LogP contribution < -0.4 is 11.7 Å². The molecular weight excluding hydrogens is 348 g/mol. The Balaban J connectivity index is 1.80. The molecule has 3 rings (SSSR count). The molecule has 0 amide bonds. The monoisotopic (exact) mass is 390 g/mol. The van der Waals surface area contributed by atoms with Crippen molar-refractivity contribution in [2.75, 3.05) is 6.54 Å². The maximum atomic E-state index is 13.2. The molecule has 0 radical (unpaired) electrons. The van der Waals surface area contributed by atoms with Gasteiger partial charge in [0.05, 0.1) is 6.54 Å². The number of hydrogen-bond donors (Lipinski definition) is 2. The maximum absolute atomic E-state index is 13.2. The molecule has 0 spiro atoms. The highest BCUT2D eigenvalue weighted by Crippen LogP contribution is 2.65. The summed E-state index contributed by atoms with van der Waals surface area (Å²) in [5, 5.41) is 4.79. The van der Waals surface area contributed by atoms with Gasteiger partial charge in [-0.25, -0.2) is 5.84 Å². The maximum Gasteiger partial charge on any atom is 0.157 e. The normalized spacial score (nSPS) is 43.0. The van der Waals surface area contributed by atoms with Crippen LogP contribution in [0.15, 0.2) is 5.10 Å². The topological polar surface area (TPSA) is 84.7 Å². The van der Waals surface area contributed by atoms with E-state index in [0.717, 1.165) is 23.7 Å². The van der Waals surface area contributed by atoms with E-state index in [9.17, 15) is 4.79 Å². The van der Waals surface area contributed by atoms with Gasteiger partial charge in [0.25, 0.3) is 0 Å². The zero-order valence-electron chi connectivity index (χ0n) is 18.4. The molecule has 0 heterocycles. The number of hydrogen-bond acceptors (Lipinski definition) is 4. The zero-order valence-corrected chi connectivity index (χ0v) is 18.4. The summed E-state index contributed by atoms with van der Waals surface area (Å²) >= 11 is 0. The highest BCUT2D eigenvalue weighted by atomic mass is 16.1. The van der Waals surface area contributed by atoms with Crippen molar-refractivity contribution >= 4 is 12.1 Å². The van der Waals surface area contributed by atoms with E-state index in [0.29, 0.717) is 11.8 Å². The van der Waals surface area contributed by atoms with Crippen LogP contribution in [0.5, 0.6) is 0 Å². The molecule has 0 saturated heterocycles. The van der Waals surface area contributed by atoms with E-state index in [4.69, 9.17) is 11.7 Å². The van der Waals surface area contributed by atoms with E-state index in [1.165, 1.54) is 62.7 Å². The summed E-state index contributed by atoms with van der Waals surface area (Å²) < 4.78 is 0. The third-order valence-corrected chi connectivity index (χ3v) is 8.91. The Hall–Kier alpha value is -1.10. The summed E-state index contributed by atoms with van der Waals surface area (Å²) in [4.78, 5) is 13.2. The number of ketones is 1. The van der Waals surface area contributed by atoms with Crippen LogP contribution in [0.25, 0.3) is 0 Å². The second-order valence-electron chi connectivity index (χ2n) is 10.3. The number of nitrogens with two attached hydrogens (primary N) is 2. The zero-order chi connectivity index (χ0) is 20.5. The molecule has 3 aliphatic carbocycles. The molecule has 28 heavy (non-hydrogen) atoms. The highest BCUT2D eigenvalue weighted by molar-refractivity contribution is 5.86. The van der Waals surface area contributed by atoms with Gasteiger partial charge in [0, 0.05) is 5.92 Å². The van der Waals surface area contributed by atoms with Crippen LogP contribution in [0.3, 0.4) is 0 Å². The van der Waals surface area contributed by atoms with Crippen LogP contribution in [-0.2, 0) is 4.79 Å². The smallest absolute Gasteiger partial charge is 0.157 e. The Kier molecular flexibility index (Phi) is 6.73. The first-order valence-electron chi connectivity index (χ1n) is 11.6.